The first kappa shape index (κ1) is 19.5. The maximum Gasteiger partial charge on any atom is 0.305 e. The van der Waals surface area contributed by atoms with E-state index in [9.17, 15) is 4.79 Å². The van der Waals surface area contributed by atoms with Crippen LogP contribution in [0.4, 0.5) is 0 Å². The van der Waals surface area contributed by atoms with E-state index in [1.807, 2.05) is 0 Å². The molecule has 0 bridgehead atoms. The second-order valence-corrected chi connectivity index (χ2v) is 6.69. The Kier molecular flexibility index (Phi) is 11.4. The summed E-state index contributed by atoms with van der Waals surface area (Å²) in [6.07, 6.45) is 18.0. The van der Waals surface area contributed by atoms with Crippen LogP contribution < -0.4 is 0 Å². The van der Waals surface area contributed by atoms with E-state index in [1.54, 1.807) is 0 Å². The van der Waals surface area contributed by atoms with Crippen molar-refractivity contribution in [3.8, 4) is 0 Å². The Morgan fingerprint density at radius 3 is 2.05 bits per heavy atom. The van der Waals surface area contributed by atoms with E-state index in [-0.39, 0.29) is 5.97 Å². The van der Waals surface area contributed by atoms with Crippen molar-refractivity contribution < 1.29 is 14.3 Å². The van der Waals surface area contributed by atoms with Gasteiger partial charge < -0.3 is 9.47 Å². The predicted molar refractivity (Wildman–Crippen MR) is 91.0 cm³/mol. The number of carbonyl (C=O) groups is 1. The number of ether oxygens (including phenoxy) is 2. The van der Waals surface area contributed by atoms with Crippen molar-refractivity contribution in [2.75, 3.05) is 7.11 Å². The molecule has 1 heterocycles. The monoisotopic (exact) mass is 312 g/mol. The topological polar surface area (TPSA) is 35.5 Å². The molecule has 0 aromatic heterocycles. The Balaban J connectivity index is 1.83. The molecule has 0 aromatic rings. The molecule has 0 radical (unpaired) electrons. The number of hydrogen-bond donors (Lipinski definition) is 0. The number of rotatable bonds is 13. The molecular weight excluding hydrogens is 276 g/mol. The lowest BCUT2D eigenvalue weighted by Gasteiger charge is -2.13. The van der Waals surface area contributed by atoms with Crippen molar-refractivity contribution in [2.24, 2.45) is 0 Å². The minimum Gasteiger partial charge on any atom is -0.469 e. The third kappa shape index (κ3) is 9.45. The molecule has 0 N–H and O–H groups in total. The van der Waals surface area contributed by atoms with Crippen molar-refractivity contribution in [3.63, 3.8) is 0 Å². The molecule has 0 aromatic carbocycles. The first-order chi connectivity index (χ1) is 10.8. The minimum absolute atomic E-state index is 0.0752. The maximum atomic E-state index is 11.0. The first-order valence-corrected chi connectivity index (χ1v) is 9.48. The van der Waals surface area contributed by atoms with Gasteiger partial charge in [-0.1, -0.05) is 58.3 Å². The number of hydrogen-bond acceptors (Lipinski definition) is 3. The third-order valence-corrected chi connectivity index (χ3v) is 4.71. The average molecular weight is 312 g/mol. The zero-order valence-corrected chi connectivity index (χ0v) is 14.8. The van der Waals surface area contributed by atoms with Crippen molar-refractivity contribution in [3.05, 3.63) is 0 Å². The SMILES string of the molecule is CCCC[C@@H]1CC[C@@H](CCCCCCCCCC(=O)OC)O1. The molecule has 0 amide bonds. The Bertz CT molecular complexity index is 278. The largest absolute Gasteiger partial charge is 0.469 e. The van der Waals surface area contributed by atoms with Crippen molar-refractivity contribution in [1.29, 1.82) is 0 Å². The third-order valence-electron chi connectivity index (χ3n) is 4.71. The van der Waals surface area contributed by atoms with Crippen LogP contribution in [-0.4, -0.2) is 25.3 Å². The summed E-state index contributed by atoms with van der Waals surface area (Å²) in [6, 6.07) is 0. The summed E-state index contributed by atoms with van der Waals surface area (Å²) in [5.74, 6) is -0.0752. The maximum absolute atomic E-state index is 11.0. The zero-order valence-electron chi connectivity index (χ0n) is 14.8. The van der Waals surface area contributed by atoms with Gasteiger partial charge in [0, 0.05) is 6.42 Å². The fourth-order valence-corrected chi connectivity index (χ4v) is 3.26. The molecule has 1 rings (SSSR count). The summed E-state index contributed by atoms with van der Waals surface area (Å²) in [6.45, 7) is 2.25. The quantitative estimate of drug-likeness (QED) is 0.337. The molecule has 0 aliphatic carbocycles. The lowest BCUT2D eigenvalue weighted by molar-refractivity contribution is -0.140. The van der Waals surface area contributed by atoms with Gasteiger partial charge in [0.2, 0.25) is 0 Å². The standard InChI is InChI=1S/C19H36O3/c1-3-4-12-17-15-16-18(22-17)13-10-8-6-5-7-9-11-14-19(20)21-2/h17-18H,3-16H2,1-2H3/t17-,18-/m1/s1. The highest BCUT2D eigenvalue weighted by atomic mass is 16.5. The van der Waals surface area contributed by atoms with Gasteiger partial charge in [-0.05, 0) is 32.1 Å². The summed E-state index contributed by atoms with van der Waals surface area (Å²) < 4.78 is 10.7. The molecule has 2 atom stereocenters. The smallest absolute Gasteiger partial charge is 0.305 e. The minimum atomic E-state index is -0.0752. The second kappa shape index (κ2) is 12.9. The molecular formula is C19H36O3. The normalized spacial score (nSPS) is 21.2. The van der Waals surface area contributed by atoms with Gasteiger partial charge in [-0.3, -0.25) is 4.79 Å². The Labute approximate surface area is 137 Å². The van der Waals surface area contributed by atoms with E-state index in [2.05, 4.69) is 11.7 Å². The van der Waals surface area contributed by atoms with E-state index in [1.165, 1.54) is 77.7 Å². The van der Waals surface area contributed by atoms with Crippen LogP contribution in [0, 0.1) is 0 Å². The second-order valence-electron chi connectivity index (χ2n) is 6.69. The van der Waals surface area contributed by atoms with Gasteiger partial charge in [0.15, 0.2) is 0 Å². The molecule has 0 saturated carbocycles. The number of carbonyl (C=O) groups excluding carboxylic acids is 1. The summed E-state index contributed by atoms with van der Waals surface area (Å²) in [4.78, 5) is 11.0. The average Bonchev–Trinajstić information content (AvgIpc) is 2.98. The van der Waals surface area contributed by atoms with Crippen LogP contribution >= 0.6 is 0 Å². The van der Waals surface area contributed by atoms with Crippen LogP contribution in [0.25, 0.3) is 0 Å². The van der Waals surface area contributed by atoms with Crippen LogP contribution in [0.3, 0.4) is 0 Å². The van der Waals surface area contributed by atoms with E-state index in [4.69, 9.17) is 4.74 Å². The van der Waals surface area contributed by atoms with Crippen molar-refractivity contribution in [2.45, 2.75) is 109 Å². The van der Waals surface area contributed by atoms with E-state index in [0.29, 0.717) is 18.6 Å². The van der Waals surface area contributed by atoms with E-state index in [0.717, 1.165) is 12.8 Å². The van der Waals surface area contributed by atoms with Crippen LogP contribution in [0.1, 0.15) is 96.8 Å². The van der Waals surface area contributed by atoms with Gasteiger partial charge in [0.25, 0.3) is 0 Å². The fourth-order valence-electron chi connectivity index (χ4n) is 3.26. The molecule has 130 valence electrons. The molecule has 3 heteroatoms. The number of esters is 1. The zero-order chi connectivity index (χ0) is 16.0. The number of unbranched alkanes of at least 4 members (excludes halogenated alkanes) is 7. The highest BCUT2D eigenvalue weighted by molar-refractivity contribution is 5.68. The summed E-state index contributed by atoms with van der Waals surface area (Å²) in [5.41, 5.74) is 0. The molecule has 1 saturated heterocycles. The molecule has 0 spiro atoms. The fraction of sp³-hybridized carbons (Fsp3) is 0.947. The van der Waals surface area contributed by atoms with Crippen molar-refractivity contribution >= 4 is 5.97 Å². The predicted octanol–water partition coefficient (Wildman–Crippen LogP) is 5.41. The van der Waals surface area contributed by atoms with Gasteiger partial charge >= 0.3 is 5.97 Å². The van der Waals surface area contributed by atoms with Crippen LogP contribution in [0.15, 0.2) is 0 Å². The van der Waals surface area contributed by atoms with Crippen molar-refractivity contribution in [1.82, 2.24) is 0 Å². The molecule has 0 unspecified atom stereocenters. The molecule has 1 aliphatic heterocycles. The summed E-state index contributed by atoms with van der Waals surface area (Å²) >= 11 is 0. The van der Waals surface area contributed by atoms with Gasteiger partial charge in [0.05, 0.1) is 19.3 Å². The van der Waals surface area contributed by atoms with Crippen LogP contribution in [0.5, 0.6) is 0 Å². The highest BCUT2D eigenvalue weighted by Gasteiger charge is 2.23. The van der Waals surface area contributed by atoms with E-state index < -0.39 is 0 Å². The Morgan fingerprint density at radius 1 is 0.909 bits per heavy atom. The molecule has 1 fully saturated rings. The highest BCUT2D eigenvalue weighted by Crippen LogP contribution is 2.27. The molecule has 3 nitrogen and oxygen atoms in total. The van der Waals surface area contributed by atoms with E-state index >= 15 is 0 Å². The van der Waals surface area contributed by atoms with Gasteiger partial charge in [-0.2, -0.15) is 0 Å². The van der Waals surface area contributed by atoms with Gasteiger partial charge in [0.1, 0.15) is 0 Å². The first-order valence-electron chi connectivity index (χ1n) is 9.48. The lowest BCUT2D eigenvalue weighted by Crippen LogP contribution is -2.10. The van der Waals surface area contributed by atoms with Crippen LogP contribution in [0.2, 0.25) is 0 Å². The van der Waals surface area contributed by atoms with Crippen LogP contribution in [-0.2, 0) is 14.3 Å². The molecule has 1 aliphatic rings. The Morgan fingerprint density at radius 2 is 1.45 bits per heavy atom. The number of methoxy groups -OCH3 is 1. The lowest BCUT2D eigenvalue weighted by atomic mass is 10.0. The van der Waals surface area contributed by atoms with Gasteiger partial charge in [-0.25, -0.2) is 0 Å². The summed E-state index contributed by atoms with van der Waals surface area (Å²) in [7, 11) is 1.46. The molecule has 22 heavy (non-hydrogen) atoms. The van der Waals surface area contributed by atoms with Gasteiger partial charge in [-0.15, -0.1) is 0 Å². The Hall–Kier alpha value is -0.570. The summed E-state index contributed by atoms with van der Waals surface area (Å²) in [5, 5.41) is 0.